The Labute approximate surface area is 126 Å². The van der Waals surface area contributed by atoms with E-state index in [2.05, 4.69) is 28.1 Å². The molecule has 0 aromatic carbocycles. The Morgan fingerprint density at radius 3 is 1.90 bits per heavy atom. The predicted octanol–water partition coefficient (Wildman–Crippen LogP) is 2.98. The third-order valence-corrected chi connectivity index (χ3v) is 3.87. The van der Waals surface area contributed by atoms with Gasteiger partial charge in [-0.25, -0.2) is 0 Å². The SMILES string of the molecule is CC(CCCCCCCCCC(=O)[O-])CC[N+](C)(C)C. The summed E-state index contributed by atoms with van der Waals surface area (Å²) in [7, 11) is 6.77. The van der Waals surface area contributed by atoms with Crippen molar-refractivity contribution in [1.82, 2.24) is 0 Å². The number of unbranched alkanes of at least 4 members (excludes halogenated alkanes) is 6. The largest absolute Gasteiger partial charge is 0.550 e. The Hall–Kier alpha value is -0.570. The monoisotopic (exact) mass is 285 g/mol. The second kappa shape index (κ2) is 11.1. The number of aliphatic carboxylic acids is 1. The minimum Gasteiger partial charge on any atom is -0.550 e. The molecule has 0 aromatic heterocycles. The minimum absolute atomic E-state index is 0.226. The minimum atomic E-state index is -0.909. The molecule has 1 atom stereocenters. The number of carboxylic acids is 1. The van der Waals surface area contributed by atoms with E-state index < -0.39 is 5.97 Å². The molecule has 3 nitrogen and oxygen atoms in total. The average Bonchev–Trinajstić information content (AvgIpc) is 2.33. The lowest BCUT2D eigenvalue weighted by atomic mass is 9.98. The summed E-state index contributed by atoms with van der Waals surface area (Å²) in [4.78, 5) is 10.2. The zero-order valence-corrected chi connectivity index (χ0v) is 14.1. The molecule has 0 aliphatic heterocycles. The van der Waals surface area contributed by atoms with Gasteiger partial charge in [-0.2, -0.15) is 0 Å². The van der Waals surface area contributed by atoms with E-state index in [1.54, 1.807) is 0 Å². The van der Waals surface area contributed by atoms with E-state index in [4.69, 9.17) is 0 Å². The van der Waals surface area contributed by atoms with E-state index in [0.29, 0.717) is 0 Å². The normalized spacial score (nSPS) is 13.4. The van der Waals surface area contributed by atoms with Crippen molar-refractivity contribution in [2.45, 2.75) is 71.1 Å². The number of quaternary nitrogens is 1. The molecule has 0 fully saturated rings. The number of carbonyl (C=O) groups excluding carboxylic acids is 1. The van der Waals surface area contributed by atoms with Crippen molar-refractivity contribution in [2.75, 3.05) is 27.7 Å². The number of nitrogens with zero attached hydrogens (tertiary/aromatic N) is 1. The van der Waals surface area contributed by atoms with Crippen LogP contribution in [0.5, 0.6) is 0 Å². The summed E-state index contributed by atoms with van der Waals surface area (Å²) in [6, 6.07) is 0. The molecule has 20 heavy (non-hydrogen) atoms. The topological polar surface area (TPSA) is 40.1 Å². The average molecular weight is 285 g/mol. The van der Waals surface area contributed by atoms with Crippen LogP contribution in [0.4, 0.5) is 0 Å². The summed E-state index contributed by atoms with van der Waals surface area (Å²) >= 11 is 0. The first-order chi connectivity index (χ1) is 9.31. The van der Waals surface area contributed by atoms with E-state index in [1.165, 1.54) is 51.5 Å². The van der Waals surface area contributed by atoms with Crippen molar-refractivity contribution in [3.05, 3.63) is 0 Å². The fraction of sp³-hybridized carbons (Fsp3) is 0.941. The van der Waals surface area contributed by atoms with Gasteiger partial charge in [0.1, 0.15) is 0 Å². The summed E-state index contributed by atoms with van der Waals surface area (Å²) in [5.41, 5.74) is 0. The standard InChI is InChI=1S/C17H35NO2/c1-16(14-15-18(2,3)4)12-10-8-6-5-7-9-11-13-17(19)20/h16H,5-15H2,1-4H3. The van der Waals surface area contributed by atoms with Gasteiger partial charge in [-0.05, 0) is 25.2 Å². The second-order valence-electron chi connectivity index (χ2n) is 7.29. The van der Waals surface area contributed by atoms with Gasteiger partial charge >= 0.3 is 0 Å². The lowest BCUT2D eigenvalue weighted by Crippen LogP contribution is -2.36. The summed E-state index contributed by atoms with van der Waals surface area (Å²) < 4.78 is 1.07. The van der Waals surface area contributed by atoms with E-state index in [-0.39, 0.29) is 6.42 Å². The Morgan fingerprint density at radius 1 is 0.900 bits per heavy atom. The van der Waals surface area contributed by atoms with Gasteiger partial charge in [0.25, 0.3) is 0 Å². The van der Waals surface area contributed by atoms with Crippen molar-refractivity contribution >= 4 is 5.97 Å². The zero-order chi connectivity index (χ0) is 15.4. The molecule has 0 aliphatic rings. The van der Waals surface area contributed by atoms with Crippen LogP contribution in [-0.4, -0.2) is 38.1 Å². The summed E-state index contributed by atoms with van der Waals surface area (Å²) in [5.74, 6) is -0.0664. The molecule has 0 saturated heterocycles. The van der Waals surface area contributed by atoms with Crippen LogP contribution in [0.1, 0.15) is 71.1 Å². The Morgan fingerprint density at radius 2 is 1.40 bits per heavy atom. The summed E-state index contributed by atoms with van der Waals surface area (Å²) in [5, 5.41) is 10.2. The Balaban J connectivity index is 3.25. The quantitative estimate of drug-likeness (QED) is 0.385. The Bertz CT molecular complexity index is 246. The third-order valence-electron chi connectivity index (χ3n) is 3.87. The lowest BCUT2D eigenvalue weighted by Gasteiger charge is -2.25. The molecule has 0 heterocycles. The van der Waals surface area contributed by atoms with Gasteiger partial charge in [0, 0.05) is 5.97 Å². The van der Waals surface area contributed by atoms with Gasteiger partial charge in [0.15, 0.2) is 0 Å². The van der Waals surface area contributed by atoms with Gasteiger partial charge in [0.2, 0.25) is 0 Å². The first-order valence-electron chi connectivity index (χ1n) is 8.31. The molecule has 1 unspecified atom stereocenters. The van der Waals surface area contributed by atoms with Gasteiger partial charge in [-0.15, -0.1) is 0 Å². The molecule has 0 aromatic rings. The van der Waals surface area contributed by atoms with Crippen LogP contribution >= 0.6 is 0 Å². The highest BCUT2D eigenvalue weighted by Gasteiger charge is 2.10. The van der Waals surface area contributed by atoms with E-state index in [1.807, 2.05) is 0 Å². The van der Waals surface area contributed by atoms with Crippen LogP contribution in [0.15, 0.2) is 0 Å². The smallest absolute Gasteiger partial charge is 0.0783 e. The highest BCUT2D eigenvalue weighted by Crippen LogP contribution is 2.16. The predicted molar refractivity (Wildman–Crippen MR) is 83.2 cm³/mol. The van der Waals surface area contributed by atoms with Gasteiger partial charge < -0.3 is 14.4 Å². The first kappa shape index (κ1) is 19.4. The van der Waals surface area contributed by atoms with Gasteiger partial charge in [-0.3, -0.25) is 0 Å². The molecule has 0 spiro atoms. The molecular weight excluding hydrogens is 250 g/mol. The van der Waals surface area contributed by atoms with Crippen molar-refractivity contribution in [3.8, 4) is 0 Å². The molecular formula is C17H35NO2. The highest BCUT2D eigenvalue weighted by molar-refractivity contribution is 5.63. The number of carbonyl (C=O) groups is 1. The number of carboxylic acid groups (broad SMARTS) is 1. The van der Waals surface area contributed by atoms with Crippen LogP contribution in [0.2, 0.25) is 0 Å². The maximum Gasteiger partial charge on any atom is 0.0783 e. The highest BCUT2D eigenvalue weighted by atomic mass is 16.4. The molecule has 120 valence electrons. The van der Waals surface area contributed by atoms with Crippen molar-refractivity contribution < 1.29 is 14.4 Å². The summed E-state index contributed by atoms with van der Waals surface area (Å²) in [6.45, 7) is 3.63. The maximum atomic E-state index is 10.2. The second-order valence-corrected chi connectivity index (χ2v) is 7.29. The van der Waals surface area contributed by atoms with Crippen molar-refractivity contribution in [1.29, 1.82) is 0 Å². The van der Waals surface area contributed by atoms with E-state index >= 15 is 0 Å². The van der Waals surface area contributed by atoms with E-state index in [0.717, 1.165) is 23.2 Å². The molecule has 0 radical (unpaired) electrons. The van der Waals surface area contributed by atoms with Gasteiger partial charge in [-0.1, -0.05) is 51.9 Å². The fourth-order valence-corrected chi connectivity index (χ4v) is 2.40. The molecule has 0 aliphatic carbocycles. The molecule has 0 bridgehead atoms. The fourth-order valence-electron chi connectivity index (χ4n) is 2.40. The van der Waals surface area contributed by atoms with Crippen LogP contribution in [0.3, 0.4) is 0 Å². The van der Waals surface area contributed by atoms with Crippen LogP contribution in [0, 0.1) is 5.92 Å². The maximum absolute atomic E-state index is 10.2. The van der Waals surface area contributed by atoms with E-state index in [9.17, 15) is 9.90 Å². The first-order valence-corrected chi connectivity index (χ1v) is 8.31. The molecule has 0 saturated carbocycles. The van der Waals surface area contributed by atoms with Crippen LogP contribution < -0.4 is 5.11 Å². The third kappa shape index (κ3) is 15.5. The number of hydrogen-bond acceptors (Lipinski definition) is 2. The molecule has 0 N–H and O–H groups in total. The van der Waals surface area contributed by atoms with Crippen molar-refractivity contribution in [2.24, 2.45) is 5.92 Å². The molecule has 0 amide bonds. The number of rotatable bonds is 13. The zero-order valence-electron chi connectivity index (χ0n) is 14.1. The van der Waals surface area contributed by atoms with Crippen LogP contribution in [-0.2, 0) is 4.79 Å². The molecule has 3 heteroatoms. The molecule has 0 rings (SSSR count). The van der Waals surface area contributed by atoms with Gasteiger partial charge in [0.05, 0.1) is 27.7 Å². The van der Waals surface area contributed by atoms with Crippen molar-refractivity contribution in [3.63, 3.8) is 0 Å². The summed E-state index contributed by atoms with van der Waals surface area (Å²) in [6.07, 6.45) is 11.1. The number of hydrogen-bond donors (Lipinski definition) is 0. The Kier molecular flexibility index (Phi) is 10.8. The lowest BCUT2D eigenvalue weighted by molar-refractivity contribution is -0.870. The van der Waals surface area contributed by atoms with Crippen LogP contribution in [0.25, 0.3) is 0 Å².